The summed E-state index contributed by atoms with van der Waals surface area (Å²) in [6.45, 7) is 2.36. The Morgan fingerprint density at radius 1 is 1.29 bits per heavy atom. The monoisotopic (exact) mass is 290 g/mol. The molecule has 1 aromatic heterocycles. The van der Waals surface area contributed by atoms with Crippen LogP contribution in [0.4, 0.5) is 0 Å². The van der Waals surface area contributed by atoms with Crippen molar-refractivity contribution in [3.63, 3.8) is 0 Å². The van der Waals surface area contributed by atoms with Crippen LogP contribution in [0.3, 0.4) is 0 Å². The average Bonchev–Trinajstić information content (AvgIpc) is 2.80. The molecule has 0 aliphatic rings. The van der Waals surface area contributed by atoms with Crippen molar-refractivity contribution in [3.8, 4) is 0 Å². The number of carbonyl (C=O) groups is 1. The maximum Gasteiger partial charge on any atom is 0.339 e. The number of hydrogen-bond acceptors (Lipinski definition) is 4. The smallest absolute Gasteiger partial charge is 0.339 e. The molecule has 0 atom stereocenters. The summed E-state index contributed by atoms with van der Waals surface area (Å²) in [7, 11) is 4.11. The molecule has 0 unspecified atom stereocenters. The molecule has 2 rings (SSSR count). The molecule has 2 N–H and O–H groups in total. The molecule has 1 heterocycles. The van der Waals surface area contributed by atoms with Crippen LogP contribution in [0.15, 0.2) is 28.7 Å². The lowest BCUT2D eigenvalue weighted by atomic mass is 10.1. The van der Waals surface area contributed by atoms with E-state index in [1.165, 1.54) is 0 Å². The van der Waals surface area contributed by atoms with E-state index in [-0.39, 0.29) is 5.56 Å². The van der Waals surface area contributed by atoms with Crippen LogP contribution in [-0.2, 0) is 6.54 Å². The van der Waals surface area contributed by atoms with Gasteiger partial charge < -0.3 is 19.7 Å². The molecule has 0 fully saturated rings. The van der Waals surface area contributed by atoms with Gasteiger partial charge in [0.1, 0.15) is 16.9 Å². The molecule has 114 valence electrons. The molecule has 0 saturated heterocycles. The molecule has 1 aromatic carbocycles. The van der Waals surface area contributed by atoms with E-state index in [9.17, 15) is 9.90 Å². The van der Waals surface area contributed by atoms with E-state index in [0.717, 1.165) is 25.9 Å². The highest BCUT2D eigenvalue weighted by Gasteiger charge is 2.19. The highest BCUT2D eigenvalue weighted by atomic mass is 16.4. The van der Waals surface area contributed by atoms with Crippen LogP contribution in [0, 0.1) is 0 Å². The predicted molar refractivity (Wildman–Crippen MR) is 82.7 cm³/mol. The Bertz CT molecular complexity index is 605. The summed E-state index contributed by atoms with van der Waals surface area (Å²) in [5, 5.41) is 13.3. The Labute approximate surface area is 124 Å². The number of fused-ring (bicyclic) bond motifs is 1. The SMILES string of the molecule is CN(C)CCCCNCc1oc2ccccc2c1C(=O)O. The van der Waals surface area contributed by atoms with Gasteiger partial charge in [-0.2, -0.15) is 0 Å². The van der Waals surface area contributed by atoms with Gasteiger partial charge in [-0.3, -0.25) is 0 Å². The van der Waals surface area contributed by atoms with Crippen LogP contribution in [-0.4, -0.2) is 43.2 Å². The molecular formula is C16H22N2O3. The molecule has 5 nitrogen and oxygen atoms in total. The fourth-order valence-corrected chi connectivity index (χ4v) is 2.34. The molecule has 0 bridgehead atoms. The topological polar surface area (TPSA) is 65.7 Å². The first-order valence-corrected chi connectivity index (χ1v) is 7.18. The van der Waals surface area contributed by atoms with E-state index in [1.54, 1.807) is 12.1 Å². The minimum Gasteiger partial charge on any atom is -0.478 e. The summed E-state index contributed by atoms with van der Waals surface area (Å²) in [4.78, 5) is 13.6. The first-order chi connectivity index (χ1) is 10.1. The lowest BCUT2D eigenvalue weighted by Gasteiger charge is -2.09. The van der Waals surface area contributed by atoms with Crippen molar-refractivity contribution in [1.29, 1.82) is 0 Å². The van der Waals surface area contributed by atoms with Gasteiger partial charge >= 0.3 is 5.97 Å². The van der Waals surface area contributed by atoms with E-state index < -0.39 is 5.97 Å². The van der Waals surface area contributed by atoms with Gasteiger partial charge in [-0.05, 0) is 46.1 Å². The van der Waals surface area contributed by atoms with Crippen molar-refractivity contribution in [1.82, 2.24) is 10.2 Å². The third-order valence-corrected chi connectivity index (χ3v) is 3.38. The Morgan fingerprint density at radius 3 is 2.76 bits per heavy atom. The normalized spacial score (nSPS) is 11.4. The van der Waals surface area contributed by atoms with Gasteiger partial charge in [0.25, 0.3) is 0 Å². The fraction of sp³-hybridized carbons (Fsp3) is 0.438. The van der Waals surface area contributed by atoms with Crippen LogP contribution < -0.4 is 5.32 Å². The lowest BCUT2D eigenvalue weighted by molar-refractivity contribution is 0.0696. The highest BCUT2D eigenvalue weighted by molar-refractivity contribution is 6.03. The predicted octanol–water partition coefficient (Wildman–Crippen LogP) is 2.56. The number of nitrogens with zero attached hydrogens (tertiary/aromatic N) is 1. The molecule has 0 amide bonds. The summed E-state index contributed by atoms with van der Waals surface area (Å²) < 4.78 is 5.65. The summed E-state index contributed by atoms with van der Waals surface area (Å²) in [6, 6.07) is 7.24. The molecule has 0 radical (unpaired) electrons. The first kappa shape index (κ1) is 15.5. The molecule has 5 heteroatoms. The number of furan rings is 1. The van der Waals surface area contributed by atoms with Crippen LogP contribution in [0.2, 0.25) is 0 Å². The Balaban J connectivity index is 1.95. The van der Waals surface area contributed by atoms with Gasteiger partial charge in [0.05, 0.1) is 6.54 Å². The lowest BCUT2D eigenvalue weighted by Crippen LogP contribution is -2.18. The Kier molecular flexibility index (Phi) is 5.36. The zero-order chi connectivity index (χ0) is 15.2. The number of unbranched alkanes of at least 4 members (excludes halogenated alkanes) is 1. The van der Waals surface area contributed by atoms with Gasteiger partial charge in [0.15, 0.2) is 0 Å². The highest BCUT2D eigenvalue weighted by Crippen LogP contribution is 2.25. The van der Waals surface area contributed by atoms with E-state index in [2.05, 4.69) is 24.3 Å². The van der Waals surface area contributed by atoms with Gasteiger partial charge in [0, 0.05) is 5.39 Å². The molecule has 0 aliphatic heterocycles. The van der Waals surface area contributed by atoms with Gasteiger partial charge in [-0.25, -0.2) is 4.79 Å². The van der Waals surface area contributed by atoms with Crippen LogP contribution in [0.25, 0.3) is 11.0 Å². The molecule has 21 heavy (non-hydrogen) atoms. The summed E-state index contributed by atoms with van der Waals surface area (Å²) in [5.41, 5.74) is 0.894. The van der Waals surface area contributed by atoms with E-state index in [0.29, 0.717) is 23.3 Å². The van der Waals surface area contributed by atoms with Gasteiger partial charge in [-0.1, -0.05) is 18.2 Å². The average molecular weight is 290 g/mol. The van der Waals surface area contributed by atoms with Crippen LogP contribution in [0.1, 0.15) is 29.0 Å². The number of benzene rings is 1. The summed E-state index contributed by atoms with van der Waals surface area (Å²) in [6.07, 6.45) is 2.17. The number of hydrogen-bond donors (Lipinski definition) is 2. The second-order valence-corrected chi connectivity index (χ2v) is 5.39. The zero-order valence-electron chi connectivity index (χ0n) is 12.6. The van der Waals surface area contributed by atoms with Crippen molar-refractivity contribution in [3.05, 3.63) is 35.6 Å². The minimum absolute atomic E-state index is 0.270. The van der Waals surface area contributed by atoms with Crippen LogP contribution in [0.5, 0.6) is 0 Å². The second-order valence-electron chi connectivity index (χ2n) is 5.39. The van der Waals surface area contributed by atoms with Gasteiger partial charge in [-0.15, -0.1) is 0 Å². The van der Waals surface area contributed by atoms with Crippen molar-refractivity contribution in [2.45, 2.75) is 19.4 Å². The molecule has 0 aliphatic carbocycles. The number of aromatic carboxylic acids is 1. The van der Waals surface area contributed by atoms with Crippen molar-refractivity contribution >= 4 is 16.9 Å². The maximum absolute atomic E-state index is 11.4. The molecule has 0 spiro atoms. The maximum atomic E-state index is 11.4. The molecular weight excluding hydrogens is 268 g/mol. The van der Waals surface area contributed by atoms with Crippen molar-refractivity contribution in [2.75, 3.05) is 27.2 Å². The summed E-state index contributed by atoms with van der Waals surface area (Å²) in [5.74, 6) is -0.444. The molecule has 2 aromatic rings. The number of nitrogens with one attached hydrogen (secondary N) is 1. The number of rotatable bonds is 8. The largest absolute Gasteiger partial charge is 0.478 e. The molecule has 0 saturated carbocycles. The Hall–Kier alpha value is -1.85. The summed E-state index contributed by atoms with van der Waals surface area (Å²) >= 11 is 0. The minimum atomic E-state index is -0.940. The quantitative estimate of drug-likeness (QED) is 0.731. The third kappa shape index (κ3) is 4.06. The number of carboxylic acids is 1. The van der Waals surface area contributed by atoms with E-state index >= 15 is 0 Å². The fourth-order valence-electron chi connectivity index (χ4n) is 2.34. The standard InChI is InChI=1S/C16H22N2O3/c1-18(2)10-6-5-9-17-11-14-15(16(19)20)12-7-3-4-8-13(12)21-14/h3-4,7-8,17H,5-6,9-11H2,1-2H3,(H,19,20). The number of carboxylic acid groups (broad SMARTS) is 1. The van der Waals surface area contributed by atoms with Crippen molar-refractivity contribution in [2.24, 2.45) is 0 Å². The van der Waals surface area contributed by atoms with Gasteiger partial charge in [0.2, 0.25) is 0 Å². The van der Waals surface area contributed by atoms with Crippen molar-refractivity contribution < 1.29 is 14.3 Å². The van der Waals surface area contributed by atoms with E-state index in [4.69, 9.17) is 4.42 Å². The van der Waals surface area contributed by atoms with Crippen LogP contribution >= 0.6 is 0 Å². The number of para-hydroxylation sites is 1. The third-order valence-electron chi connectivity index (χ3n) is 3.38. The second kappa shape index (κ2) is 7.24. The first-order valence-electron chi connectivity index (χ1n) is 7.18. The van der Waals surface area contributed by atoms with E-state index in [1.807, 2.05) is 12.1 Å². The Morgan fingerprint density at radius 2 is 2.05 bits per heavy atom. The zero-order valence-corrected chi connectivity index (χ0v) is 12.6.